The Morgan fingerprint density at radius 3 is 2.13 bits per heavy atom. The number of carboxylic acid groups (broad SMARTS) is 1. The molecule has 1 aromatic heterocycles. The van der Waals surface area contributed by atoms with Gasteiger partial charge in [-0.1, -0.05) is 61.5 Å². The van der Waals surface area contributed by atoms with Gasteiger partial charge in [-0.3, -0.25) is 19.0 Å². The molecule has 31 heavy (non-hydrogen) atoms. The molecule has 0 unspecified atom stereocenters. The largest absolute Gasteiger partial charge is 0.481 e. The molecule has 5 rings (SSSR count). The van der Waals surface area contributed by atoms with Crippen molar-refractivity contribution in [3.63, 3.8) is 0 Å². The number of pyridine rings is 1. The molecule has 5 heteroatoms. The molecule has 0 spiro atoms. The van der Waals surface area contributed by atoms with E-state index in [4.69, 9.17) is 0 Å². The lowest BCUT2D eigenvalue weighted by atomic mass is 9.96. The van der Waals surface area contributed by atoms with Gasteiger partial charge in [0, 0.05) is 27.6 Å². The number of fused-ring (bicyclic) bond motifs is 5. The molecule has 0 radical (unpaired) electrons. The van der Waals surface area contributed by atoms with Crippen molar-refractivity contribution in [3.05, 3.63) is 99.8 Å². The van der Waals surface area contributed by atoms with Crippen LogP contribution in [0.15, 0.2) is 77.6 Å². The zero-order valence-corrected chi connectivity index (χ0v) is 16.8. The second-order valence-electron chi connectivity index (χ2n) is 7.68. The maximum Gasteiger partial charge on any atom is 0.310 e. The SMILES string of the molecule is CC[C@@H](C(=O)O)c1ccc(-n2c3c(c4ccccc4c2=O)C(=O)c2ccccc2-3)cc1. The molecule has 0 amide bonds. The fourth-order valence-electron chi connectivity index (χ4n) is 4.51. The van der Waals surface area contributed by atoms with Crippen LogP contribution in [0.3, 0.4) is 0 Å². The van der Waals surface area contributed by atoms with E-state index in [9.17, 15) is 19.5 Å². The van der Waals surface area contributed by atoms with Crippen LogP contribution in [0, 0.1) is 0 Å². The molecule has 3 aromatic carbocycles. The molecule has 0 saturated carbocycles. The summed E-state index contributed by atoms with van der Waals surface area (Å²) in [6.07, 6.45) is 0.474. The molecular formula is C26H19NO4. The van der Waals surface area contributed by atoms with Crippen LogP contribution in [0.2, 0.25) is 0 Å². The highest BCUT2D eigenvalue weighted by atomic mass is 16.4. The van der Waals surface area contributed by atoms with Gasteiger partial charge in [-0.05, 0) is 30.2 Å². The van der Waals surface area contributed by atoms with Gasteiger partial charge in [0.2, 0.25) is 0 Å². The van der Waals surface area contributed by atoms with Crippen LogP contribution in [-0.4, -0.2) is 21.4 Å². The standard InChI is InChI=1S/C26H19NO4/c1-2-17(26(30)31)15-11-13-16(14-12-15)27-23-19-8-4-5-9-20(19)24(28)22(23)18-7-3-6-10-21(18)25(27)29/h3-14,17H,2H2,1H3,(H,30,31)/t17-/m1/s1. The number of aromatic nitrogens is 1. The van der Waals surface area contributed by atoms with Gasteiger partial charge in [-0.2, -0.15) is 0 Å². The lowest BCUT2D eigenvalue weighted by Gasteiger charge is -2.16. The highest BCUT2D eigenvalue weighted by Gasteiger charge is 2.32. The van der Waals surface area contributed by atoms with Crippen molar-refractivity contribution in [1.29, 1.82) is 0 Å². The first-order valence-corrected chi connectivity index (χ1v) is 10.2. The molecule has 0 fully saturated rings. The minimum atomic E-state index is -0.876. The second kappa shape index (κ2) is 7.06. The third-order valence-electron chi connectivity index (χ3n) is 6.00. The second-order valence-corrected chi connectivity index (χ2v) is 7.68. The molecular weight excluding hydrogens is 390 g/mol. The number of ketones is 1. The number of rotatable bonds is 4. The first-order chi connectivity index (χ1) is 15.0. The Kier molecular flexibility index (Phi) is 4.33. The summed E-state index contributed by atoms with van der Waals surface area (Å²) in [6, 6.07) is 21.5. The van der Waals surface area contributed by atoms with E-state index in [0.29, 0.717) is 45.3 Å². The van der Waals surface area contributed by atoms with Crippen molar-refractivity contribution < 1.29 is 14.7 Å². The summed E-state index contributed by atoms with van der Waals surface area (Å²) in [5, 5.41) is 10.6. The van der Waals surface area contributed by atoms with E-state index in [0.717, 1.165) is 5.56 Å². The summed E-state index contributed by atoms with van der Waals surface area (Å²) in [4.78, 5) is 38.3. The monoisotopic (exact) mass is 409 g/mol. The summed E-state index contributed by atoms with van der Waals surface area (Å²) in [6.45, 7) is 1.83. The Balaban J connectivity index is 1.82. The zero-order valence-electron chi connectivity index (χ0n) is 16.8. The average Bonchev–Trinajstić information content (AvgIpc) is 3.08. The predicted molar refractivity (Wildman–Crippen MR) is 119 cm³/mol. The number of aliphatic carboxylic acids is 1. The number of carboxylic acids is 1. The van der Waals surface area contributed by atoms with Crippen LogP contribution in [0.5, 0.6) is 0 Å². The van der Waals surface area contributed by atoms with Crippen LogP contribution in [0.1, 0.15) is 40.7 Å². The predicted octanol–water partition coefficient (Wildman–Crippen LogP) is 4.78. The minimum absolute atomic E-state index is 0.0934. The van der Waals surface area contributed by atoms with E-state index in [1.165, 1.54) is 0 Å². The van der Waals surface area contributed by atoms with Crippen LogP contribution >= 0.6 is 0 Å². The Morgan fingerprint density at radius 1 is 0.871 bits per heavy atom. The van der Waals surface area contributed by atoms with Gasteiger partial charge in [0.15, 0.2) is 5.78 Å². The Morgan fingerprint density at radius 2 is 1.48 bits per heavy atom. The van der Waals surface area contributed by atoms with Gasteiger partial charge in [0.25, 0.3) is 5.56 Å². The highest BCUT2D eigenvalue weighted by Crippen LogP contribution is 2.40. The zero-order chi connectivity index (χ0) is 21.7. The molecule has 4 aromatic rings. The fraction of sp³-hybridized carbons (Fsp3) is 0.115. The van der Waals surface area contributed by atoms with E-state index in [2.05, 4.69) is 0 Å². The van der Waals surface area contributed by atoms with Gasteiger partial charge in [-0.15, -0.1) is 0 Å². The van der Waals surface area contributed by atoms with E-state index in [1.807, 2.05) is 37.3 Å². The number of carbonyl (C=O) groups is 2. The van der Waals surface area contributed by atoms with Crippen LogP contribution in [0.25, 0.3) is 27.7 Å². The summed E-state index contributed by atoms with van der Waals surface area (Å²) >= 11 is 0. The third kappa shape index (κ3) is 2.74. The molecule has 1 heterocycles. The van der Waals surface area contributed by atoms with Crippen molar-refractivity contribution in [2.75, 3.05) is 0 Å². The number of carbonyl (C=O) groups excluding carboxylic acids is 1. The molecule has 1 aliphatic carbocycles. The first-order valence-electron chi connectivity index (χ1n) is 10.2. The van der Waals surface area contributed by atoms with E-state index < -0.39 is 11.9 Å². The summed E-state index contributed by atoms with van der Waals surface area (Å²) in [7, 11) is 0. The lowest BCUT2D eigenvalue weighted by Crippen LogP contribution is -2.22. The molecule has 1 N–H and O–H groups in total. The number of benzene rings is 3. The van der Waals surface area contributed by atoms with Gasteiger partial charge in [0.05, 0.1) is 17.2 Å². The van der Waals surface area contributed by atoms with Crippen molar-refractivity contribution in [3.8, 4) is 16.9 Å². The van der Waals surface area contributed by atoms with Gasteiger partial charge in [-0.25, -0.2) is 0 Å². The molecule has 0 aliphatic heterocycles. The van der Waals surface area contributed by atoms with Crippen LogP contribution in [-0.2, 0) is 4.79 Å². The Hall–Kier alpha value is -3.99. The first kappa shape index (κ1) is 19.0. The summed E-state index contributed by atoms with van der Waals surface area (Å²) in [5.74, 6) is -1.57. The quantitative estimate of drug-likeness (QED) is 0.463. The molecule has 1 atom stereocenters. The molecule has 0 saturated heterocycles. The summed E-state index contributed by atoms with van der Waals surface area (Å²) < 4.78 is 1.58. The minimum Gasteiger partial charge on any atom is -0.481 e. The van der Waals surface area contributed by atoms with Crippen LogP contribution in [0.4, 0.5) is 0 Å². The van der Waals surface area contributed by atoms with Crippen LogP contribution < -0.4 is 5.56 Å². The smallest absolute Gasteiger partial charge is 0.310 e. The van der Waals surface area contributed by atoms with Crippen molar-refractivity contribution in [2.24, 2.45) is 0 Å². The van der Waals surface area contributed by atoms with Crippen molar-refractivity contribution >= 4 is 22.5 Å². The normalized spacial score (nSPS) is 13.1. The molecule has 1 aliphatic rings. The third-order valence-corrected chi connectivity index (χ3v) is 6.00. The lowest BCUT2D eigenvalue weighted by molar-refractivity contribution is -0.138. The average molecular weight is 409 g/mol. The van der Waals surface area contributed by atoms with Gasteiger partial charge >= 0.3 is 5.97 Å². The number of hydrogen-bond donors (Lipinski definition) is 1. The highest BCUT2D eigenvalue weighted by molar-refractivity contribution is 6.26. The van der Waals surface area contributed by atoms with E-state index in [1.54, 1.807) is 47.0 Å². The number of hydrogen-bond acceptors (Lipinski definition) is 3. The van der Waals surface area contributed by atoms with Gasteiger partial charge in [0.1, 0.15) is 0 Å². The Bertz CT molecular complexity index is 1430. The maximum atomic E-state index is 13.5. The fourth-order valence-corrected chi connectivity index (χ4v) is 4.51. The summed E-state index contributed by atoms with van der Waals surface area (Å²) in [5.41, 5.74) is 3.49. The van der Waals surface area contributed by atoms with E-state index in [-0.39, 0.29) is 11.3 Å². The van der Waals surface area contributed by atoms with Crippen molar-refractivity contribution in [2.45, 2.75) is 19.3 Å². The maximum absolute atomic E-state index is 13.5. The Labute approximate surface area is 178 Å². The van der Waals surface area contributed by atoms with E-state index >= 15 is 0 Å². The van der Waals surface area contributed by atoms with Crippen molar-refractivity contribution in [1.82, 2.24) is 4.57 Å². The number of nitrogens with zero attached hydrogens (tertiary/aromatic N) is 1. The molecule has 152 valence electrons. The van der Waals surface area contributed by atoms with Gasteiger partial charge < -0.3 is 5.11 Å². The topological polar surface area (TPSA) is 76.4 Å². The molecule has 5 nitrogen and oxygen atoms in total. The molecule has 0 bridgehead atoms.